The largest absolute Gasteiger partial charge is 0.342 e. The molecule has 1 aromatic carbocycles. The van der Waals surface area contributed by atoms with Gasteiger partial charge in [0.1, 0.15) is 0 Å². The van der Waals surface area contributed by atoms with Crippen LogP contribution < -0.4 is 0 Å². The average molecular weight is 338 g/mol. The first-order chi connectivity index (χ1) is 11.5. The van der Waals surface area contributed by atoms with Crippen molar-refractivity contribution >= 4 is 5.91 Å². The fourth-order valence-corrected chi connectivity index (χ4v) is 3.46. The SMILES string of the molecule is CCN(CC)C(=O)CN1CCCC(CCc2ccc(F)c(F)c2)C1. The predicted molar refractivity (Wildman–Crippen MR) is 91.8 cm³/mol. The molecule has 1 aliphatic rings. The third kappa shape index (κ3) is 5.26. The first kappa shape index (κ1) is 18.8. The molecule has 24 heavy (non-hydrogen) atoms. The summed E-state index contributed by atoms with van der Waals surface area (Å²) >= 11 is 0. The summed E-state index contributed by atoms with van der Waals surface area (Å²) in [6.45, 7) is 7.88. The molecule has 1 saturated heterocycles. The molecular formula is C19H28F2N2O. The van der Waals surface area contributed by atoms with Gasteiger partial charge >= 0.3 is 0 Å². The van der Waals surface area contributed by atoms with Crippen molar-refractivity contribution in [2.24, 2.45) is 5.92 Å². The number of piperidine rings is 1. The summed E-state index contributed by atoms with van der Waals surface area (Å²) in [5, 5.41) is 0. The molecule has 1 heterocycles. The van der Waals surface area contributed by atoms with E-state index >= 15 is 0 Å². The van der Waals surface area contributed by atoms with Gasteiger partial charge in [-0.05, 0) is 69.7 Å². The number of aryl methyl sites for hydroxylation is 1. The van der Waals surface area contributed by atoms with Crippen molar-refractivity contribution in [2.45, 2.75) is 39.5 Å². The van der Waals surface area contributed by atoms with Gasteiger partial charge in [0.2, 0.25) is 5.91 Å². The molecule has 0 N–H and O–H groups in total. The topological polar surface area (TPSA) is 23.6 Å². The van der Waals surface area contributed by atoms with Crippen molar-refractivity contribution < 1.29 is 13.6 Å². The van der Waals surface area contributed by atoms with Crippen LogP contribution in [0.15, 0.2) is 18.2 Å². The Bertz CT molecular complexity index is 546. The van der Waals surface area contributed by atoms with E-state index in [2.05, 4.69) is 4.90 Å². The lowest BCUT2D eigenvalue weighted by atomic mass is 9.91. The van der Waals surface area contributed by atoms with Crippen molar-refractivity contribution in [1.29, 1.82) is 0 Å². The molecule has 0 spiro atoms. The van der Waals surface area contributed by atoms with E-state index in [1.165, 1.54) is 12.1 Å². The highest BCUT2D eigenvalue weighted by atomic mass is 19.2. The lowest BCUT2D eigenvalue weighted by molar-refractivity contribution is -0.132. The minimum atomic E-state index is -0.794. The molecule has 5 heteroatoms. The van der Waals surface area contributed by atoms with E-state index < -0.39 is 11.6 Å². The van der Waals surface area contributed by atoms with Gasteiger partial charge in [0.05, 0.1) is 6.54 Å². The van der Waals surface area contributed by atoms with Crippen LogP contribution in [0.5, 0.6) is 0 Å². The maximum Gasteiger partial charge on any atom is 0.236 e. The molecule has 0 bridgehead atoms. The smallest absolute Gasteiger partial charge is 0.236 e. The van der Waals surface area contributed by atoms with Crippen LogP contribution in [0.4, 0.5) is 8.78 Å². The van der Waals surface area contributed by atoms with E-state index in [1.807, 2.05) is 18.7 Å². The van der Waals surface area contributed by atoms with Crippen LogP contribution in [-0.4, -0.2) is 48.4 Å². The number of amides is 1. The monoisotopic (exact) mass is 338 g/mol. The highest BCUT2D eigenvalue weighted by molar-refractivity contribution is 5.78. The number of hydrogen-bond acceptors (Lipinski definition) is 2. The minimum Gasteiger partial charge on any atom is -0.342 e. The zero-order valence-corrected chi connectivity index (χ0v) is 14.7. The van der Waals surface area contributed by atoms with E-state index in [0.29, 0.717) is 12.5 Å². The summed E-state index contributed by atoms with van der Waals surface area (Å²) in [6.07, 6.45) is 3.92. The maximum absolute atomic E-state index is 13.3. The second-order valence-electron chi connectivity index (χ2n) is 6.60. The number of carbonyl (C=O) groups is 1. The predicted octanol–water partition coefficient (Wildman–Crippen LogP) is 3.48. The van der Waals surface area contributed by atoms with Crippen LogP contribution >= 0.6 is 0 Å². The summed E-state index contributed by atoms with van der Waals surface area (Å²) in [7, 11) is 0. The van der Waals surface area contributed by atoms with Crippen LogP contribution in [0.3, 0.4) is 0 Å². The van der Waals surface area contributed by atoms with Gasteiger partial charge in [0, 0.05) is 19.6 Å². The Balaban J connectivity index is 1.82. The van der Waals surface area contributed by atoms with Crippen LogP contribution in [-0.2, 0) is 11.2 Å². The number of carbonyl (C=O) groups excluding carboxylic acids is 1. The number of rotatable bonds is 7. The van der Waals surface area contributed by atoms with Crippen LogP contribution in [0.1, 0.15) is 38.7 Å². The van der Waals surface area contributed by atoms with E-state index in [1.54, 1.807) is 6.07 Å². The molecule has 1 aromatic rings. The Kier molecular flexibility index (Phi) is 7.16. The van der Waals surface area contributed by atoms with Gasteiger partial charge in [-0.3, -0.25) is 9.69 Å². The molecule has 1 unspecified atom stereocenters. The fraction of sp³-hybridized carbons (Fsp3) is 0.632. The van der Waals surface area contributed by atoms with E-state index in [9.17, 15) is 13.6 Å². The Morgan fingerprint density at radius 2 is 2.00 bits per heavy atom. The number of benzene rings is 1. The molecular weight excluding hydrogens is 310 g/mol. The Morgan fingerprint density at radius 3 is 2.67 bits per heavy atom. The Labute approximate surface area is 143 Å². The van der Waals surface area contributed by atoms with Gasteiger partial charge in [-0.15, -0.1) is 0 Å². The maximum atomic E-state index is 13.3. The molecule has 0 saturated carbocycles. The van der Waals surface area contributed by atoms with Crippen molar-refractivity contribution in [2.75, 3.05) is 32.7 Å². The highest BCUT2D eigenvalue weighted by Gasteiger charge is 2.23. The molecule has 1 fully saturated rings. The van der Waals surface area contributed by atoms with Crippen LogP contribution in [0, 0.1) is 17.6 Å². The first-order valence-electron chi connectivity index (χ1n) is 8.97. The molecule has 0 aromatic heterocycles. The molecule has 2 rings (SSSR count). The van der Waals surface area contributed by atoms with Gasteiger partial charge in [0.25, 0.3) is 0 Å². The zero-order chi connectivity index (χ0) is 17.5. The third-order valence-electron chi connectivity index (χ3n) is 4.90. The third-order valence-corrected chi connectivity index (χ3v) is 4.90. The van der Waals surface area contributed by atoms with Crippen molar-refractivity contribution in [3.05, 3.63) is 35.4 Å². The molecule has 134 valence electrons. The fourth-order valence-electron chi connectivity index (χ4n) is 3.46. The van der Waals surface area contributed by atoms with E-state index in [-0.39, 0.29) is 5.91 Å². The number of hydrogen-bond donors (Lipinski definition) is 0. The quantitative estimate of drug-likeness (QED) is 0.760. The lowest BCUT2D eigenvalue weighted by Crippen LogP contribution is -2.44. The standard InChI is InChI=1S/C19H28F2N2O/c1-3-23(4-2)19(24)14-22-11-5-6-16(13-22)8-7-15-9-10-17(20)18(21)12-15/h9-10,12,16H,3-8,11,13-14H2,1-2H3. The summed E-state index contributed by atoms with van der Waals surface area (Å²) in [5.41, 5.74) is 0.838. The van der Waals surface area contributed by atoms with Crippen molar-refractivity contribution in [1.82, 2.24) is 9.80 Å². The van der Waals surface area contributed by atoms with Gasteiger partial charge in [-0.25, -0.2) is 8.78 Å². The van der Waals surface area contributed by atoms with Crippen LogP contribution in [0.25, 0.3) is 0 Å². The minimum absolute atomic E-state index is 0.196. The number of nitrogens with zero attached hydrogens (tertiary/aromatic N) is 2. The van der Waals surface area contributed by atoms with Gasteiger partial charge in [-0.1, -0.05) is 6.07 Å². The second-order valence-corrected chi connectivity index (χ2v) is 6.60. The summed E-state index contributed by atoms with van der Waals surface area (Å²) in [5.74, 6) is -0.863. The van der Waals surface area contributed by atoms with Crippen molar-refractivity contribution in [3.63, 3.8) is 0 Å². The van der Waals surface area contributed by atoms with Crippen molar-refractivity contribution in [3.8, 4) is 0 Å². The molecule has 0 aliphatic carbocycles. The van der Waals surface area contributed by atoms with Gasteiger partial charge in [-0.2, -0.15) is 0 Å². The Morgan fingerprint density at radius 1 is 1.25 bits per heavy atom. The number of halogens is 2. The molecule has 1 aliphatic heterocycles. The highest BCUT2D eigenvalue weighted by Crippen LogP contribution is 2.22. The first-order valence-corrected chi connectivity index (χ1v) is 8.97. The number of likely N-dealkylation sites (tertiary alicyclic amines) is 1. The molecule has 0 radical (unpaired) electrons. The second kappa shape index (κ2) is 9.11. The molecule has 1 amide bonds. The number of likely N-dealkylation sites (N-methyl/N-ethyl adjacent to an activating group) is 1. The average Bonchev–Trinajstić information content (AvgIpc) is 2.57. The lowest BCUT2D eigenvalue weighted by Gasteiger charge is -2.33. The van der Waals surface area contributed by atoms with E-state index in [0.717, 1.165) is 57.4 Å². The van der Waals surface area contributed by atoms with E-state index in [4.69, 9.17) is 0 Å². The molecule has 3 nitrogen and oxygen atoms in total. The summed E-state index contributed by atoms with van der Waals surface area (Å²) < 4.78 is 26.2. The normalized spacial score (nSPS) is 18.6. The summed E-state index contributed by atoms with van der Waals surface area (Å²) in [4.78, 5) is 16.3. The van der Waals surface area contributed by atoms with Crippen LogP contribution in [0.2, 0.25) is 0 Å². The Hall–Kier alpha value is -1.49. The zero-order valence-electron chi connectivity index (χ0n) is 14.7. The van der Waals surface area contributed by atoms with Gasteiger partial charge < -0.3 is 4.90 Å². The molecule has 1 atom stereocenters. The van der Waals surface area contributed by atoms with Gasteiger partial charge in [0.15, 0.2) is 11.6 Å². The summed E-state index contributed by atoms with van der Waals surface area (Å²) in [6, 6.07) is 4.14.